The van der Waals surface area contributed by atoms with Gasteiger partial charge in [0, 0.05) is 17.6 Å². The Morgan fingerprint density at radius 3 is 2.50 bits per heavy atom. The molecule has 0 saturated carbocycles. The van der Waals surface area contributed by atoms with Crippen LogP contribution in [-0.4, -0.2) is 28.5 Å². The highest BCUT2D eigenvalue weighted by atomic mass is 35.5. The van der Waals surface area contributed by atoms with Crippen LogP contribution in [0.25, 0.3) is 0 Å². The summed E-state index contributed by atoms with van der Waals surface area (Å²) in [6, 6.07) is 6.66. The molecule has 0 radical (unpaired) electrons. The zero-order valence-corrected chi connectivity index (χ0v) is 11.2. The molecule has 0 aliphatic rings. The zero-order valence-electron chi connectivity index (χ0n) is 8.86. The van der Waals surface area contributed by atoms with Gasteiger partial charge in [0.25, 0.3) is 5.91 Å². The van der Waals surface area contributed by atoms with E-state index >= 15 is 0 Å². The predicted octanol–water partition coefficient (Wildman–Crippen LogP) is 2.56. The first-order valence-electron chi connectivity index (χ1n) is 4.43. The zero-order chi connectivity index (χ0) is 12.1. The third-order valence-corrected chi connectivity index (χ3v) is 3.47. The first-order chi connectivity index (χ1) is 7.54. The van der Waals surface area contributed by atoms with E-state index in [4.69, 9.17) is 23.8 Å². The van der Waals surface area contributed by atoms with Gasteiger partial charge < -0.3 is 0 Å². The molecule has 86 valence electrons. The van der Waals surface area contributed by atoms with Crippen molar-refractivity contribution in [2.75, 3.05) is 13.3 Å². The van der Waals surface area contributed by atoms with E-state index < -0.39 is 0 Å². The van der Waals surface area contributed by atoms with Crippen LogP contribution in [0.3, 0.4) is 0 Å². The number of thiocarbonyl (C=S) groups is 1. The van der Waals surface area contributed by atoms with Crippen LogP contribution in [0.5, 0.6) is 0 Å². The summed E-state index contributed by atoms with van der Waals surface area (Å²) in [7, 11) is 1.70. The smallest absolute Gasteiger partial charge is 0.269 e. The second kappa shape index (κ2) is 6.08. The van der Waals surface area contributed by atoms with Crippen molar-refractivity contribution in [1.82, 2.24) is 10.4 Å². The van der Waals surface area contributed by atoms with Crippen molar-refractivity contribution in [1.29, 1.82) is 0 Å². The molecule has 0 aliphatic carbocycles. The Morgan fingerprint density at radius 1 is 1.44 bits per heavy atom. The molecule has 0 atom stereocenters. The van der Waals surface area contributed by atoms with Gasteiger partial charge in [0.15, 0.2) is 4.32 Å². The molecule has 0 unspecified atom stereocenters. The fourth-order valence-electron chi connectivity index (χ4n) is 1.00. The Bertz CT molecular complexity index is 394. The second-order valence-electron chi connectivity index (χ2n) is 2.98. The van der Waals surface area contributed by atoms with E-state index in [1.54, 1.807) is 31.3 Å². The molecule has 0 aliphatic heterocycles. The maximum absolute atomic E-state index is 11.7. The van der Waals surface area contributed by atoms with Crippen LogP contribution in [-0.2, 0) is 0 Å². The summed E-state index contributed by atoms with van der Waals surface area (Å²) in [5.74, 6) is -0.212. The van der Waals surface area contributed by atoms with Crippen molar-refractivity contribution in [2.24, 2.45) is 0 Å². The number of rotatable bonds is 1. The summed E-state index contributed by atoms with van der Waals surface area (Å²) in [5, 5.41) is 2.11. The fraction of sp³-hybridized carbons (Fsp3) is 0.200. The largest absolute Gasteiger partial charge is 0.272 e. The molecule has 1 rings (SSSR count). The Morgan fingerprint density at radius 2 is 2.00 bits per heavy atom. The number of halogens is 1. The van der Waals surface area contributed by atoms with E-state index in [9.17, 15) is 4.79 Å². The number of amides is 1. The quantitative estimate of drug-likeness (QED) is 0.630. The van der Waals surface area contributed by atoms with Crippen LogP contribution in [0.4, 0.5) is 0 Å². The molecule has 0 bridgehead atoms. The van der Waals surface area contributed by atoms with E-state index in [1.807, 2.05) is 6.26 Å². The summed E-state index contributed by atoms with van der Waals surface area (Å²) >= 11 is 12.1. The monoisotopic (exact) mass is 274 g/mol. The molecular weight excluding hydrogens is 264 g/mol. The number of carbonyl (C=O) groups excluding carboxylic acids is 1. The number of nitrogens with one attached hydrogen (secondary N) is 1. The molecule has 16 heavy (non-hydrogen) atoms. The van der Waals surface area contributed by atoms with Crippen LogP contribution >= 0.6 is 35.6 Å². The van der Waals surface area contributed by atoms with Crippen LogP contribution in [0.15, 0.2) is 24.3 Å². The Kier molecular flexibility index (Phi) is 5.05. The number of benzene rings is 1. The minimum Gasteiger partial charge on any atom is -0.272 e. The average Bonchev–Trinajstić information content (AvgIpc) is 2.28. The number of nitrogens with zero attached hydrogens (tertiary/aromatic N) is 1. The van der Waals surface area contributed by atoms with Crippen LogP contribution < -0.4 is 5.43 Å². The van der Waals surface area contributed by atoms with Gasteiger partial charge in [-0.25, -0.2) is 0 Å². The van der Waals surface area contributed by atoms with Gasteiger partial charge in [-0.2, -0.15) is 0 Å². The lowest BCUT2D eigenvalue weighted by Crippen LogP contribution is -2.41. The van der Waals surface area contributed by atoms with Gasteiger partial charge in [0.1, 0.15) is 0 Å². The Balaban J connectivity index is 2.65. The number of hydrogen-bond acceptors (Lipinski definition) is 3. The molecule has 1 N–H and O–H groups in total. The minimum absolute atomic E-state index is 0.212. The van der Waals surface area contributed by atoms with Crippen molar-refractivity contribution in [3.63, 3.8) is 0 Å². The van der Waals surface area contributed by atoms with Crippen LogP contribution in [0.1, 0.15) is 10.4 Å². The summed E-state index contributed by atoms with van der Waals surface area (Å²) in [6.07, 6.45) is 1.85. The highest BCUT2D eigenvalue weighted by molar-refractivity contribution is 8.22. The van der Waals surface area contributed by atoms with Gasteiger partial charge in [-0.05, 0) is 30.5 Å². The molecule has 3 nitrogen and oxygen atoms in total. The molecule has 1 aromatic carbocycles. The van der Waals surface area contributed by atoms with Gasteiger partial charge in [-0.1, -0.05) is 35.6 Å². The van der Waals surface area contributed by atoms with Gasteiger partial charge in [-0.3, -0.25) is 15.2 Å². The van der Waals surface area contributed by atoms with Gasteiger partial charge in [0.05, 0.1) is 0 Å². The fourth-order valence-corrected chi connectivity index (χ4v) is 1.49. The van der Waals surface area contributed by atoms with E-state index in [0.717, 1.165) is 0 Å². The summed E-state index contributed by atoms with van der Waals surface area (Å²) in [4.78, 5) is 11.7. The lowest BCUT2D eigenvalue weighted by atomic mass is 10.2. The van der Waals surface area contributed by atoms with Crippen molar-refractivity contribution in [3.05, 3.63) is 34.9 Å². The number of hydrazine groups is 1. The van der Waals surface area contributed by atoms with Crippen LogP contribution in [0.2, 0.25) is 5.02 Å². The molecule has 0 heterocycles. The lowest BCUT2D eigenvalue weighted by molar-refractivity contribution is 0.0890. The Labute approximate surface area is 109 Å². The van der Waals surface area contributed by atoms with Crippen molar-refractivity contribution in [2.45, 2.75) is 0 Å². The molecule has 0 saturated heterocycles. The molecule has 6 heteroatoms. The van der Waals surface area contributed by atoms with Gasteiger partial charge >= 0.3 is 0 Å². The third kappa shape index (κ3) is 3.66. The second-order valence-corrected chi connectivity index (χ2v) is 4.85. The lowest BCUT2D eigenvalue weighted by Gasteiger charge is -2.19. The maximum atomic E-state index is 11.7. The minimum atomic E-state index is -0.212. The van der Waals surface area contributed by atoms with E-state index in [1.165, 1.54) is 16.8 Å². The standard InChI is InChI=1S/C10H11ClN2OS2/c1-13(10(15)16-2)12-9(14)7-3-5-8(11)6-4-7/h3-6H,1-2H3,(H,12,14). The first kappa shape index (κ1) is 13.3. The molecule has 1 amide bonds. The van der Waals surface area contributed by atoms with E-state index in [2.05, 4.69) is 5.43 Å². The third-order valence-electron chi connectivity index (χ3n) is 1.82. The maximum Gasteiger partial charge on any atom is 0.269 e. The van der Waals surface area contributed by atoms with Crippen molar-refractivity contribution >= 4 is 45.8 Å². The Hall–Kier alpha value is -0.780. The molecule has 0 aromatic heterocycles. The number of carbonyl (C=O) groups is 1. The van der Waals surface area contributed by atoms with E-state index in [-0.39, 0.29) is 5.91 Å². The van der Waals surface area contributed by atoms with Crippen LogP contribution in [0, 0.1) is 0 Å². The van der Waals surface area contributed by atoms with E-state index in [0.29, 0.717) is 14.9 Å². The SMILES string of the molecule is CSC(=S)N(C)NC(=O)c1ccc(Cl)cc1. The molecular formula is C10H11ClN2OS2. The molecule has 0 spiro atoms. The molecule has 0 fully saturated rings. The van der Waals surface area contributed by atoms with Gasteiger partial charge in [0.2, 0.25) is 0 Å². The average molecular weight is 275 g/mol. The summed E-state index contributed by atoms with van der Waals surface area (Å²) in [6.45, 7) is 0. The summed E-state index contributed by atoms with van der Waals surface area (Å²) < 4.78 is 0.599. The normalized spacial score (nSPS) is 9.69. The topological polar surface area (TPSA) is 32.3 Å². The van der Waals surface area contributed by atoms with Crippen molar-refractivity contribution < 1.29 is 4.79 Å². The summed E-state index contributed by atoms with van der Waals surface area (Å²) in [5.41, 5.74) is 3.20. The highest BCUT2D eigenvalue weighted by Gasteiger charge is 2.09. The van der Waals surface area contributed by atoms with Gasteiger partial charge in [-0.15, -0.1) is 0 Å². The predicted molar refractivity (Wildman–Crippen MR) is 72.8 cm³/mol. The molecule has 1 aromatic rings. The first-order valence-corrected chi connectivity index (χ1v) is 6.44. The van der Waals surface area contributed by atoms with Crippen molar-refractivity contribution in [3.8, 4) is 0 Å². The highest BCUT2D eigenvalue weighted by Crippen LogP contribution is 2.09. The number of hydrogen-bond donors (Lipinski definition) is 1. The number of thioether (sulfide) groups is 1.